The first kappa shape index (κ1) is 13.9. The summed E-state index contributed by atoms with van der Waals surface area (Å²) in [5.74, 6) is 0.0712. The van der Waals surface area contributed by atoms with Gasteiger partial charge in [0, 0.05) is 6.04 Å². The van der Waals surface area contributed by atoms with E-state index in [-0.39, 0.29) is 11.8 Å². The third kappa shape index (κ3) is 3.68. The van der Waals surface area contributed by atoms with Gasteiger partial charge in [0.2, 0.25) is 0 Å². The van der Waals surface area contributed by atoms with Crippen LogP contribution in [0.25, 0.3) is 0 Å². The Bertz CT molecular complexity index is 368. The molecule has 1 aromatic rings. The third-order valence-electron chi connectivity index (χ3n) is 2.67. The Morgan fingerprint density at radius 3 is 2.53 bits per heavy atom. The first-order chi connectivity index (χ1) is 7.95. The number of aliphatic hydroxyl groups excluding tert-OH is 1. The van der Waals surface area contributed by atoms with E-state index >= 15 is 0 Å². The van der Waals surface area contributed by atoms with Crippen molar-refractivity contribution >= 4 is 0 Å². The predicted molar refractivity (Wildman–Crippen MR) is 65.3 cm³/mol. The number of nitrogens with two attached hydrogens (primary N) is 1. The van der Waals surface area contributed by atoms with E-state index in [0.717, 1.165) is 0 Å². The number of benzene rings is 1. The van der Waals surface area contributed by atoms with E-state index < -0.39 is 11.9 Å². The molecule has 0 aliphatic rings. The van der Waals surface area contributed by atoms with Crippen LogP contribution in [-0.2, 0) is 0 Å². The van der Waals surface area contributed by atoms with Gasteiger partial charge in [0.15, 0.2) is 11.6 Å². The molecule has 2 atom stereocenters. The van der Waals surface area contributed by atoms with Gasteiger partial charge >= 0.3 is 0 Å². The van der Waals surface area contributed by atoms with Crippen molar-refractivity contribution in [3.05, 3.63) is 29.6 Å². The molecule has 0 aromatic heterocycles. The Balaban J connectivity index is 2.82. The second-order valence-electron chi connectivity index (χ2n) is 4.63. The summed E-state index contributed by atoms with van der Waals surface area (Å²) >= 11 is 0. The minimum absolute atomic E-state index is 0.165. The summed E-state index contributed by atoms with van der Waals surface area (Å²) in [6, 6.07) is 4.01. The number of hydrogen-bond donors (Lipinski definition) is 2. The molecule has 0 fully saturated rings. The SMILES string of the molecule is COc1ccc(C(O)C(N)CC(C)C)cc1F. The van der Waals surface area contributed by atoms with Crippen LogP contribution in [0, 0.1) is 11.7 Å². The minimum atomic E-state index is -0.849. The van der Waals surface area contributed by atoms with E-state index in [0.29, 0.717) is 17.9 Å². The highest BCUT2D eigenvalue weighted by Crippen LogP contribution is 2.25. The Hall–Kier alpha value is -1.13. The van der Waals surface area contributed by atoms with E-state index in [4.69, 9.17) is 10.5 Å². The highest BCUT2D eigenvalue weighted by atomic mass is 19.1. The summed E-state index contributed by atoms with van der Waals surface area (Å²) in [5.41, 5.74) is 6.35. The van der Waals surface area contributed by atoms with Crippen LogP contribution in [0.5, 0.6) is 5.75 Å². The van der Waals surface area contributed by atoms with E-state index in [1.807, 2.05) is 13.8 Å². The lowest BCUT2D eigenvalue weighted by Crippen LogP contribution is -2.29. The number of halogens is 1. The van der Waals surface area contributed by atoms with Gasteiger partial charge in [-0.25, -0.2) is 4.39 Å². The molecule has 0 saturated carbocycles. The average Bonchev–Trinajstić information content (AvgIpc) is 2.27. The van der Waals surface area contributed by atoms with Crippen molar-refractivity contribution in [1.29, 1.82) is 0 Å². The monoisotopic (exact) mass is 241 g/mol. The Morgan fingerprint density at radius 1 is 1.41 bits per heavy atom. The van der Waals surface area contributed by atoms with Crippen molar-refractivity contribution in [1.82, 2.24) is 0 Å². The largest absolute Gasteiger partial charge is 0.494 e. The highest BCUT2D eigenvalue weighted by molar-refractivity contribution is 5.30. The van der Waals surface area contributed by atoms with Crippen LogP contribution in [-0.4, -0.2) is 18.3 Å². The molecular formula is C13H20FNO2. The molecule has 0 heterocycles. The van der Waals surface area contributed by atoms with Crippen LogP contribution < -0.4 is 10.5 Å². The molecule has 1 aromatic carbocycles. The number of methoxy groups -OCH3 is 1. The zero-order chi connectivity index (χ0) is 13.0. The van der Waals surface area contributed by atoms with Crippen LogP contribution in [0.2, 0.25) is 0 Å². The molecule has 0 aliphatic carbocycles. The standard InChI is InChI=1S/C13H20FNO2/c1-8(2)6-11(15)13(16)9-4-5-12(17-3)10(14)7-9/h4-5,7-8,11,13,16H,6,15H2,1-3H3. The number of ether oxygens (including phenoxy) is 1. The highest BCUT2D eigenvalue weighted by Gasteiger charge is 2.19. The van der Waals surface area contributed by atoms with Crippen molar-refractivity contribution in [2.24, 2.45) is 11.7 Å². The average molecular weight is 241 g/mol. The lowest BCUT2D eigenvalue weighted by atomic mass is 9.95. The molecule has 17 heavy (non-hydrogen) atoms. The summed E-state index contributed by atoms with van der Waals surface area (Å²) in [6.45, 7) is 4.06. The molecule has 96 valence electrons. The van der Waals surface area contributed by atoms with Crippen molar-refractivity contribution in [3.8, 4) is 5.75 Å². The second-order valence-corrected chi connectivity index (χ2v) is 4.63. The third-order valence-corrected chi connectivity index (χ3v) is 2.67. The summed E-state index contributed by atoms with van der Waals surface area (Å²) in [5, 5.41) is 9.99. The normalized spacial score (nSPS) is 14.8. The van der Waals surface area contributed by atoms with E-state index in [2.05, 4.69) is 0 Å². The summed E-state index contributed by atoms with van der Waals surface area (Å²) < 4.78 is 18.3. The molecule has 1 rings (SSSR count). The zero-order valence-electron chi connectivity index (χ0n) is 10.5. The van der Waals surface area contributed by atoms with Gasteiger partial charge < -0.3 is 15.6 Å². The van der Waals surface area contributed by atoms with Gasteiger partial charge in [0.05, 0.1) is 13.2 Å². The van der Waals surface area contributed by atoms with Crippen molar-refractivity contribution in [2.75, 3.05) is 7.11 Å². The molecule has 0 bridgehead atoms. The van der Waals surface area contributed by atoms with Gasteiger partial charge in [-0.3, -0.25) is 0 Å². The Morgan fingerprint density at radius 2 is 2.06 bits per heavy atom. The van der Waals surface area contributed by atoms with Gasteiger partial charge in [-0.1, -0.05) is 19.9 Å². The molecule has 0 saturated heterocycles. The Kier molecular flexibility index (Phi) is 4.90. The Labute approximate surface area is 101 Å². The van der Waals surface area contributed by atoms with Crippen LogP contribution in [0.15, 0.2) is 18.2 Å². The van der Waals surface area contributed by atoms with Crippen molar-refractivity contribution in [2.45, 2.75) is 32.4 Å². The molecule has 3 N–H and O–H groups in total. The maximum Gasteiger partial charge on any atom is 0.165 e. The molecule has 4 heteroatoms. The molecule has 2 unspecified atom stereocenters. The predicted octanol–water partition coefficient (Wildman–Crippen LogP) is 2.24. The topological polar surface area (TPSA) is 55.5 Å². The molecule has 3 nitrogen and oxygen atoms in total. The lowest BCUT2D eigenvalue weighted by molar-refractivity contribution is 0.135. The fourth-order valence-electron chi connectivity index (χ4n) is 1.79. The molecule has 0 aliphatic heterocycles. The molecular weight excluding hydrogens is 221 g/mol. The zero-order valence-corrected chi connectivity index (χ0v) is 10.5. The quantitative estimate of drug-likeness (QED) is 0.831. The second kappa shape index (κ2) is 5.98. The van der Waals surface area contributed by atoms with Crippen LogP contribution in [0.3, 0.4) is 0 Å². The van der Waals surface area contributed by atoms with E-state index in [9.17, 15) is 9.50 Å². The van der Waals surface area contributed by atoms with Crippen molar-refractivity contribution < 1.29 is 14.2 Å². The number of hydrogen-bond acceptors (Lipinski definition) is 3. The van der Waals surface area contributed by atoms with E-state index in [1.54, 1.807) is 6.07 Å². The smallest absolute Gasteiger partial charge is 0.165 e. The fourth-order valence-corrected chi connectivity index (χ4v) is 1.79. The van der Waals surface area contributed by atoms with Crippen LogP contribution >= 0.6 is 0 Å². The van der Waals surface area contributed by atoms with Gasteiger partial charge in [-0.05, 0) is 30.0 Å². The van der Waals surface area contributed by atoms with E-state index in [1.165, 1.54) is 19.2 Å². The minimum Gasteiger partial charge on any atom is -0.494 e. The molecule has 0 amide bonds. The van der Waals surface area contributed by atoms with Gasteiger partial charge in [0.1, 0.15) is 0 Å². The van der Waals surface area contributed by atoms with Crippen LogP contribution in [0.1, 0.15) is 31.9 Å². The maximum atomic E-state index is 13.5. The molecule has 0 radical (unpaired) electrons. The lowest BCUT2D eigenvalue weighted by Gasteiger charge is -2.21. The van der Waals surface area contributed by atoms with Gasteiger partial charge in [-0.15, -0.1) is 0 Å². The fraction of sp³-hybridized carbons (Fsp3) is 0.538. The summed E-state index contributed by atoms with van der Waals surface area (Å²) in [7, 11) is 1.40. The number of aliphatic hydroxyl groups is 1. The first-order valence-electron chi connectivity index (χ1n) is 5.72. The summed E-state index contributed by atoms with van der Waals surface area (Å²) in [4.78, 5) is 0. The van der Waals surface area contributed by atoms with Crippen LogP contribution in [0.4, 0.5) is 4.39 Å². The maximum absolute atomic E-state index is 13.5. The van der Waals surface area contributed by atoms with Gasteiger partial charge in [-0.2, -0.15) is 0 Å². The molecule has 0 spiro atoms. The number of rotatable bonds is 5. The van der Waals surface area contributed by atoms with Crippen molar-refractivity contribution in [3.63, 3.8) is 0 Å². The van der Waals surface area contributed by atoms with Gasteiger partial charge in [0.25, 0.3) is 0 Å². The summed E-state index contributed by atoms with van der Waals surface area (Å²) in [6.07, 6.45) is -0.160. The first-order valence-corrected chi connectivity index (χ1v) is 5.72.